The van der Waals surface area contributed by atoms with Crippen molar-refractivity contribution in [1.82, 2.24) is 9.88 Å². The monoisotopic (exact) mass is 274 g/mol. The van der Waals surface area contributed by atoms with Gasteiger partial charge in [-0.1, -0.05) is 13.0 Å². The molecule has 0 saturated heterocycles. The SMILES string of the molecule is CCC(C)N(CCOC)C(=O)c1ccc2cc[nH]c2c1. The molecule has 2 aromatic rings. The number of rotatable bonds is 6. The van der Waals surface area contributed by atoms with Crippen molar-refractivity contribution in [3.63, 3.8) is 0 Å². The van der Waals surface area contributed by atoms with Gasteiger partial charge < -0.3 is 14.6 Å². The summed E-state index contributed by atoms with van der Waals surface area (Å²) >= 11 is 0. The predicted molar refractivity (Wildman–Crippen MR) is 81.0 cm³/mol. The van der Waals surface area contributed by atoms with E-state index in [9.17, 15) is 4.79 Å². The van der Waals surface area contributed by atoms with Gasteiger partial charge in [0.1, 0.15) is 0 Å². The van der Waals surface area contributed by atoms with Crippen molar-refractivity contribution >= 4 is 16.8 Å². The third-order valence-electron chi connectivity index (χ3n) is 3.72. The quantitative estimate of drug-likeness (QED) is 0.880. The van der Waals surface area contributed by atoms with Gasteiger partial charge in [0.25, 0.3) is 5.91 Å². The van der Waals surface area contributed by atoms with E-state index in [1.165, 1.54) is 0 Å². The van der Waals surface area contributed by atoms with Crippen LogP contribution in [-0.2, 0) is 4.74 Å². The Balaban J connectivity index is 2.24. The van der Waals surface area contributed by atoms with Gasteiger partial charge in [0.2, 0.25) is 0 Å². The Kier molecular flexibility index (Phi) is 4.79. The normalized spacial score (nSPS) is 12.6. The van der Waals surface area contributed by atoms with Crippen molar-refractivity contribution < 1.29 is 9.53 Å². The molecule has 0 aliphatic heterocycles. The summed E-state index contributed by atoms with van der Waals surface area (Å²) in [6.45, 7) is 5.33. The van der Waals surface area contributed by atoms with Crippen molar-refractivity contribution in [3.05, 3.63) is 36.0 Å². The smallest absolute Gasteiger partial charge is 0.254 e. The molecule has 1 amide bonds. The summed E-state index contributed by atoms with van der Waals surface area (Å²) in [5.41, 5.74) is 1.71. The summed E-state index contributed by atoms with van der Waals surface area (Å²) in [5.74, 6) is 0.0629. The van der Waals surface area contributed by atoms with E-state index in [1.807, 2.05) is 35.4 Å². The van der Waals surface area contributed by atoms with Crippen LogP contribution in [0.15, 0.2) is 30.5 Å². The van der Waals surface area contributed by atoms with E-state index < -0.39 is 0 Å². The molecule has 0 aliphatic carbocycles. The fraction of sp³-hybridized carbons (Fsp3) is 0.438. The number of benzene rings is 1. The summed E-state index contributed by atoms with van der Waals surface area (Å²) in [6.07, 6.45) is 2.82. The summed E-state index contributed by atoms with van der Waals surface area (Å²) in [5, 5.41) is 1.12. The second-order valence-electron chi connectivity index (χ2n) is 5.03. The maximum Gasteiger partial charge on any atom is 0.254 e. The van der Waals surface area contributed by atoms with E-state index in [2.05, 4.69) is 18.8 Å². The van der Waals surface area contributed by atoms with Gasteiger partial charge in [-0.2, -0.15) is 0 Å². The molecule has 0 saturated carbocycles. The van der Waals surface area contributed by atoms with Crippen LogP contribution < -0.4 is 0 Å². The number of carbonyl (C=O) groups excluding carboxylic acids is 1. The average Bonchev–Trinajstić information content (AvgIpc) is 2.94. The van der Waals surface area contributed by atoms with Crippen LogP contribution in [0, 0.1) is 0 Å². The van der Waals surface area contributed by atoms with Gasteiger partial charge in [0.15, 0.2) is 0 Å². The molecule has 4 heteroatoms. The van der Waals surface area contributed by atoms with Crippen LogP contribution in [0.3, 0.4) is 0 Å². The molecule has 1 aromatic carbocycles. The first kappa shape index (κ1) is 14.6. The zero-order valence-corrected chi connectivity index (χ0v) is 12.3. The van der Waals surface area contributed by atoms with Crippen molar-refractivity contribution in [2.75, 3.05) is 20.3 Å². The van der Waals surface area contributed by atoms with Gasteiger partial charge in [0.05, 0.1) is 6.61 Å². The van der Waals surface area contributed by atoms with Crippen LogP contribution in [0.5, 0.6) is 0 Å². The van der Waals surface area contributed by atoms with Crippen LogP contribution in [0.2, 0.25) is 0 Å². The van der Waals surface area contributed by atoms with Crippen LogP contribution in [0.25, 0.3) is 10.9 Å². The lowest BCUT2D eigenvalue weighted by Crippen LogP contribution is -2.40. The highest BCUT2D eigenvalue weighted by Crippen LogP contribution is 2.17. The molecule has 20 heavy (non-hydrogen) atoms. The van der Waals surface area contributed by atoms with E-state index in [1.54, 1.807) is 7.11 Å². The topological polar surface area (TPSA) is 45.3 Å². The number of hydrogen-bond donors (Lipinski definition) is 1. The number of fused-ring (bicyclic) bond motifs is 1. The first-order valence-corrected chi connectivity index (χ1v) is 7.04. The first-order valence-electron chi connectivity index (χ1n) is 7.04. The number of hydrogen-bond acceptors (Lipinski definition) is 2. The zero-order valence-electron chi connectivity index (χ0n) is 12.3. The molecule has 0 fully saturated rings. The van der Waals surface area contributed by atoms with Crippen molar-refractivity contribution in [3.8, 4) is 0 Å². The Bertz CT molecular complexity index is 577. The molecule has 2 rings (SSSR count). The molecule has 4 nitrogen and oxygen atoms in total. The maximum atomic E-state index is 12.7. The highest BCUT2D eigenvalue weighted by Gasteiger charge is 2.20. The molecule has 1 atom stereocenters. The van der Waals surface area contributed by atoms with Crippen LogP contribution in [-0.4, -0.2) is 42.1 Å². The molecule has 1 N–H and O–H groups in total. The molecule has 108 valence electrons. The van der Waals surface area contributed by atoms with E-state index in [0.29, 0.717) is 13.2 Å². The molecule has 0 radical (unpaired) electrons. The highest BCUT2D eigenvalue weighted by molar-refractivity contribution is 5.98. The van der Waals surface area contributed by atoms with Crippen molar-refractivity contribution in [2.24, 2.45) is 0 Å². The standard InChI is InChI=1S/C16H22N2O2/c1-4-12(2)18(9-10-20-3)16(19)14-6-5-13-7-8-17-15(13)11-14/h5-8,11-12,17H,4,9-10H2,1-3H3. The zero-order chi connectivity index (χ0) is 14.5. The summed E-state index contributed by atoms with van der Waals surface area (Å²) in [7, 11) is 1.66. The number of aromatic nitrogens is 1. The van der Waals surface area contributed by atoms with Gasteiger partial charge in [-0.25, -0.2) is 0 Å². The van der Waals surface area contributed by atoms with E-state index in [4.69, 9.17) is 4.74 Å². The molecule has 1 unspecified atom stereocenters. The third kappa shape index (κ3) is 3.02. The molecule has 1 aromatic heterocycles. The van der Waals surface area contributed by atoms with Gasteiger partial charge in [-0.3, -0.25) is 4.79 Å². The average molecular weight is 274 g/mol. The molecular formula is C16H22N2O2. The lowest BCUT2D eigenvalue weighted by Gasteiger charge is -2.28. The van der Waals surface area contributed by atoms with Crippen molar-refractivity contribution in [2.45, 2.75) is 26.3 Å². The third-order valence-corrected chi connectivity index (χ3v) is 3.72. The number of methoxy groups -OCH3 is 1. The summed E-state index contributed by atoms with van der Waals surface area (Å²) < 4.78 is 5.11. The summed E-state index contributed by atoms with van der Waals surface area (Å²) in [4.78, 5) is 17.7. The van der Waals surface area contributed by atoms with E-state index >= 15 is 0 Å². The van der Waals surface area contributed by atoms with Crippen LogP contribution in [0.4, 0.5) is 0 Å². The van der Waals surface area contributed by atoms with Gasteiger partial charge in [-0.05, 0) is 36.9 Å². The van der Waals surface area contributed by atoms with Gasteiger partial charge in [-0.15, -0.1) is 0 Å². The largest absolute Gasteiger partial charge is 0.383 e. The molecule has 1 heterocycles. The number of amides is 1. The maximum absolute atomic E-state index is 12.7. The second-order valence-corrected chi connectivity index (χ2v) is 5.03. The van der Waals surface area contributed by atoms with Gasteiger partial charge >= 0.3 is 0 Å². The molecular weight excluding hydrogens is 252 g/mol. The highest BCUT2D eigenvalue weighted by atomic mass is 16.5. The lowest BCUT2D eigenvalue weighted by molar-refractivity contribution is 0.0614. The minimum Gasteiger partial charge on any atom is -0.383 e. The number of carbonyl (C=O) groups is 1. The van der Waals surface area contributed by atoms with E-state index in [0.717, 1.165) is 22.9 Å². The predicted octanol–water partition coefficient (Wildman–Crippen LogP) is 3.06. The summed E-state index contributed by atoms with van der Waals surface area (Å²) in [6, 6.07) is 7.99. The number of nitrogens with zero attached hydrogens (tertiary/aromatic N) is 1. The molecule has 0 aliphatic rings. The Morgan fingerprint density at radius 1 is 1.40 bits per heavy atom. The number of nitrogens with one attached hydrogen (secondary N) is 1. The Labute approximate surface area is 119 Å². The number of aromatic amines is 1. The van der Waals surface area contributed by atoms with Crippen LogP contribution in [0.1, 0.15) is 30.6 Å². The fourth-order valence-corrected chi connectivity index (χ4v) is 2.28. The molecule has 0 bridgehead atoms. The first-order chi connectivity index (χ1) is 9.67. The Morgan fingerprint density at radius 2 is 2.20 bits per heavy atom. The van der Waals surface area contributed by atoms with E-state index in [-0.39, 0.29) is 11.9 Å². The fourth-order valence-electron chi connectivity index (χ4n) is 2.28. The lowest BCUT2D eigenvalue weighted by atomic mass is 10.1. The minimum atomic E-state index is 0.0629. The Hall–Kier alpha value is -1.81. The van der Waals surface area contributed by atoms with Gasteiger partial charge in [0, 0.05) is 37.0 Å². The number of ether oxygens (including phenoxy) is 1. The number of H-pyrrole nitrogens is 1. The molecule has 0 spiro atoms. The Morgan fingerprint density at radius 3 is 2.90 bits per heavy atom. The van der Waals surface area contributed by atoms with Crippen molar-refractivity contribution in [1.29, 1.82) is 0 Å². The minimum absolute atomic E-state index is 0.0629. The van der Waals surface area contributed by atoms with Crippen LogP contribution >= 0.6 is 0 Å². The second kappa shape index (κ2) is 6.57.